The van der Waals surface area contributed by atoms with E-state index in [9.17, 15) is 4.79 Å². The van der Waals surface area contributed by atoms with Crippen molar-refractivity contribution < 1.29 is 9.53 Å². The predicted molar refractivity (Wildman–Crippen MR) is 69.1 cm³/mol. The van der Waals surface area contributed by atoms with Crippen LogP contribution in [0.1, 0.15) is 23.9 Å². The van der Waals surface area contributed by atoms with E-state index in [0.717, 1.165) is 17.0 Å². The van der Waals surface area contributed by atoms with Gasteiger partial charge in [-0.2, -0.15) is 5.10 Å². The van der Waals surface area contributed by atoms with Gasteiger partial charge in [0.15, 0.2) is 0 Å². The van der Waals surface area contributed by atoms with E-state index in [1.807, 2.05) is 20.8 Å². The van der Waals surface area contributed by atoms with Gasteiger partial charge in [0, 0.05) is 31.0 Å². The number of hydrogen-bond donors (Lipinski definition) is 2. The quantitative estimate of drug-likeness (QED) is 0.755. The molecule has 1 unspecified atom stereocenters. The Morgan fingerprint density at radius 1 is 1.56 bits per heavy atom. The molecule has 1 aromatic heterocycles. The normalized spacial score (nSPS) is 12.5. The van der Waals surface area contributed by atoms with E-state index in [1.165, 1.54) is 0 Å². The molecule has 0 saturated heterocycles. The van der Waals surface area contributed by atoms with Crippen LogP contribution in [0, 0.1) is 13.8 Å². The van der Waals surface area contributed by atoms with E-state index in [2.05, 4.69) is 10.4 Å². The Balaban J connectivity index is 2.65. The van der Waals surface area contributed by atoms with E-state index >= 15 is 0 Å². The number of aromatic nitrogens is 2. The van der Waals surface area contributed by atoms with Crippen LogP contribution in [0.2, 0.25) is 0 Å². The SMILES string of the molecule is COCC(C)NC(=O)Cn1nc(C)c(CN)c1C. The zero-order valence-electron chi connectivity index (χ0n) is 11.5. The second-order valence-corrected chi connectivity index (χ2v) is 4.44. The van der Waals surface area contributed by atoms with Crippen LogP contribution in [-0.2, 0) is 22.6 Å². The number of amides is 1. The molecular formula is C12H22N4O2. The number of rotatable bonds is 6. The Morgan fingerprint density at radius 2 is 2.22 bits per heavy atom. The first-order chi connectivity index (χ1) is 8.49. The third-order valence-corrected chi connectivity index (χ3v) is 2.85. The number of aryl methyl sites for hydroxylation is 1. The molecule has 0 aliphatic heterocycles. The topological polar surface area (TPSA) is 82.2 Å². The summed E-state index contributed by atoms with van der Waals surface area (Å²) in [6.45, 7) is 6.87. The summed E-state index contributed by atoms with van der Waals surface area (Å²) in [6, 6.07) is -0.00607. The summed E-state index contributed by atoms with van der Waals surface area (Å²) >= 11 is 0. The van der Waals surface area contributed by atoms with Crippen molar-refractivity contribution >= 4 is 5.91 Å². The second-order valence-electron chi connectivity index (χ2n) is 4.44. The highest BCUT2D eigenvalue weighted by Crippen LogP contribution is 2.11. The lowest BCUT2D eigenvalue weighted by Gasteiger charge is -2.13. The summed E-state index contributed by atoms with van der Waals surface area (Å²) in [6.07, 6.45) is 0. The molecule has 0 spiro atoms. The Bertz CT molecular complexity index is 414. The van der Waals surface area contributed by atoms with Gasteiger partial charge in [-0.1, -0.05) is 0 Å². The van der Waals surface area contributed by atoms with Gasteiger partial charge in [0.1, 0.15) is 6.54 Å². The summed E-state index contributed by atoms with van der Waals surface area (Å²) in [5.74, 6) is -0.0753. The number of nitrogens with two attached hydrogens (primary N) is 1. The zero-order chi connectivity index (χ0) is 13.7. The van der Waals surface area contributed by atoms with Crippen molar-refractivity contribution in [2.45, 2.75) is 39.9 Å². The van der Waals surface area contributed by atoms with Gasteiger partial charge in [0.05, 0.1) is 12.3 Å². The van der Waals surface area contributed by atoms with Crippen molar-refractivity contribution in [2.75, 3.05) is 13.7 Å². The lowest BCUT2D eigenvalue weighted by atomic mass is 10.2. The number of ether oxygens (including phenoxy) is 1. The highest BCUT2D eigenvalue weighted by atomic mass is 16.5. The van der Waals surface area contributed by atoms with Crippen LogP contribution in [-0.4, -0.2) is 35.4 Å². The van der Waals surface area contributed by atoms with Crippen LogP contribution >= 0.6 is 0 Å². The molecule has 102 valence electrons. The fourth-order valence-electron chi connectivity index (χ4n) is 1.93. The molecule has 1 atom stereocenters. The predicted octanol–water partition coefficient (Wildman–Crippen LogP) is 0.110. The minimum absolute atomic E-state index is 0.00607. The number of hydrogen-bond acceptors (Lipinski definition) is 4. The summed E-state index contributed by atoms with van der Waals surface area (Å²) < 4.78 is 6.65. The number of nitrogens with zero attached hydrogens (tertiary/aromatic N) is 2. The lowest BCUT2D eigenvalue weighted by Crippen LogP contribution is -2.38. The molecule has 0 fully saturated rings. The monoisotopic (exact) mass is 254 g/mol. The van der Waals surface area contributed by atoms with Crippen LogP contribution in [0.15, 0.2) is 0 Å². The lowest BCUT2D eigenvalue weighted by molar-refractivity contribution is -0.122. The fraction of sp³-hybridized carbons (Fsp3) is 0.667. The van der Waals surface area contributed by atoms with Crippen LogP contribution < -0.4 is 11.1 Å². The smallest absolute Gasteiger partial charge is 0.242 e. The van der Waals surface area contributed by atoms with Gasteiger partial charge in [0.2, 0.25) is 5.91 Å². The maximum Gasteiger partial charge on any atom is 0.242 e. The van der Waals surface area contributed by atoms with Crippen LogP contribution in [0.4, 0.5) is 0 Å². The largest absolute Gasteiger partial charge is 0.383 e. The minimum Gasteiger partial charge on any atom is -0.383 e. The van der Waals surface area contributed by atoms with Crippen molar-refractivity contribution in [3.63, 3.8) is 0 Å². The second kappa shape index (κ2) is 6.51. The Kier molecular flexibility index (Phi) is 5.30. The first-order valence-electron chi connectivity index (χ1n) is 6.00. The van der Waals surface area contributed by atoms with Gasteiger partial charge in [-0.25, -0.2) is 0 Å². The molecule has 0 aromatic carbocycles. The summed E-state index contributed by atoms with van der Waals surface area (Å²) in [4.78, 5) is 11.8. The Hall–Kier alpha value is -1.40. The molecule has 18 heavy (non-hydrogen) atoms. The number of nitrogens with one attached hydrogen (secondary N) is 1. The van der Waals surface area contributed by atoms with Crippen molar-refractivity contribution in [3.8, 4) is 0 Å². The molecule has 1 heterocycles. The van der Waals surface area contributed by atoms with Crippen molar-refractivity contribution in [3.05, 3.63) is 17.0 Å². The average molecular weight is 254 g/mol. The summed E-state index contributed by atoms with van der Waals surface area (Å²) in [7, 11) is 1.61. The van der Waals surface area contributed by atoms with E-state index in [0.29, 0.717) is 13.2 Å². The van der Waals surface area contributed by atoms with Crippen molar-refractivity contribution in [1.29, 1.82) is 0 Å². The first-order valence-corrected chi connectivity index (χ1v) is 6.00. The zero-order valence-corrected chi connectivity index (χ0v) is 11.5. The van der Waals surface area contributed by atoms with Crippen LogP contribution in [0.5, 0.6) is 0 Å². The van der Waals surface area contributed by atoms with Gasteiger partial charge in [-0.05, 0) is 20.8 Å². The molecule has 1 amide bonds. The number of carbonyl (C=O) groups is 1. The Morgan fingerprint density at radius 3 is 2.72 bits per heavy atom. The van der Waals surface area contributed by atoms with E-state index in [-0.39, 0.29) is 18.5 Å². The maximum absolute atomic E-state index is 11.8. The van der Waals surface area contributed by atoms with E-state index in [1.54, 1.807) is 11.8 Å². The first kappa shape index (κ1) is 14.7. The number of carbonyl (C=O) groups excluding carboxylic acids is 1. The third kappa shape index (κ3) is 3.54. The van der Waals surface area contributed by atoms with Crippen LogP contribution in [0.3, 0.4) is 0 Å². The molecule has 3 N–H and O–H groups in total. The van der Waals surface area contributed by atoms with E-state index < -0.39 is 0 Å². The van der Waals surface area contributed by atoms with Gasteiger partial charge >= 0.3 is 0 Å². The average Bonchev–Trinajstić information content (AvgIpc) is 2.53. The molecule has 0 bridgehead atoms. The number of methoxy groups -OCH3 is 1. The molecule has 1 aromatic rings. The van der Waals surface area contributed by atoms with E-state index in [4.69, 9.17) is 10.5 Å². The third-order valence-electron chi connectivity index (χ3n) is 2.85. The fourth-order valence-corrected chi connectivity index (χ4v) is 1.93. The molecular weight excluding hydrogens is 232 g/mol. The molecule has 0 aliphatic rings. The summed E-state index contributed by atoms with van der Waals surface area (Å²) in [5.41, 5.74) is 8.48. The molecule has 6 nitrogen and oxygen atoms in total. The highest BCUT2D eigenvalue weighted by Gasteiger charge is 2.13. The van der Waals surface area contributed by atoms with Gasteiger partial charge in [-0.3, -0.25) is 9.48 Å². The van der Waals surface area contributed by atoms with Gasteiger partial charge in [-0.15, -0.1) is 0 Å². The van der Waals surface area contributed by atoms with Crippen molar-refractivity contribution in [2.24, 2.45) is 5.73 Å². The Labute approximate surface area is 107 Å². The highest BCUT2D eigenvalue weighted by molar-refractivity contribution is 5.76. The molecule has 0 aliphatic carbocycles. The van der Waals surface area contributed by atoms with Gasteiger partial charge in [0.25, 0.3) is 0 Å². The molecule has 6 heteroatoms. The standard InChI is InChI=1S/C12H22N4O2/c1-8(7-18-4)14-12(17)6-16-10(3)11(5-13)9(2)15-16/h8H,5-7,13H2,1-4H3,(H,14,17). The van der Waals surface area contributed by atoms with Crippen LogP contribution in [0.25, 0.3) is 0 Å². The maximum atomic E-state index is 11.8. The minimum atomic E-state index is -0.0753. The molecule has 0 radical (unpaired) electrons. The summed E-state index contributed by atoms with van der Waals surface area (Å²) in [5, 5.41) is 7.17. The molecule has 0 saturated carbocycles. The molecule has 1 rings (SSSR count). The van der Waals surface area contributed by atoms with Gasteiger partial charge < -0.3 is 15.8 Å². The van der Waals surface area contributed by atoms with Crippen molar-refractivity contribution in [1.82, 2.24) is 15.1 Å².